The van der Waals surface area contributed by atoms with Gasteiger partial charge in [0.2, 0.25) is 5.91 Å². The Labute approximate surface area is 141 Å². The van der Waals surface area contributed by atoms with E-state index in [9.17, 15) is 14.4 Å². The van der Waals surface area contributed by atoms with Crippen molar-refractivity contribution in [2.45, 2.75) is 45.1 Å². The van der Waals surface area contributed by atoms with Crippen molar-refractivity contribution in [3.8, 4) is 5.75 Å². The number of hydrogen-bond donors (Lipinski definition) is 1. The summed E-state index contributed by atoms with van der Waals surface area (Å²) in [7, 11) is 0. The van der Waals surface area contributed by atoms with Crippen LogP contribution in [0, 0.1) is 0 Å². The van der Waals surface area contributed by atoms with E-state index in [1.807, 2.05) is 6.92 Å². The Morgan fingerprint density at radius 2 is 1.92 bits per heavy atom. The third kappa shape index (κ3) is 4.57. The standard InChI is InChI=1S/C18H23NO5/c1-2-12-24-14-7-5-13(6-8-14)16(20)9-10-17(21)19-11-3-4-15(19)18(22)23/h5-8,15H,2-4,9-12H2,1H3,(H,22,23)/t15-/m0/s1. The number of ketones is 1. The normalized spacial score (nSPS) is 16.9. The fraction of sp³-hybridized carbons (Fsp3) is 0.500. The highest BCUT2D eigenvalue weighted by atomic mass is 16.5. The molecule has 0 unspecified atom stereocenters. The van der Waals surface area contributed by atoms with E-state index < -0.39 is 12.0 Å². The highest BCUT2D eigenvalue weighted by Gasteiger charge is 2.33. The van der Waals surface area contributed by atoms with Crippen LogP contribution < -0.4 is 4.74 Å². The van der Waals surface area contributed by atoms with Crippen LogP contribution in [0.1, 0.15) is 49.4 Å². The van der Waals surface area contributed by atoms with Crippen LogP contribution in [0.4, 0.5) is 0 Å². The molecule has 1 fully saturated rings. The lowest BCUT2D eigenvalue weighted by atomic mass is 10.1. The average Bonchev–Trinajstić information content (AvgIpc) is 3.08. The first-order valence-electron chi connectivity index (χ1n) is 8.31. The van der Waals surface area contributed by atoms with Gasteiger partial charge >= 0.3 is 5.97 Å². The van der Waals surface area contributed by atoms with Gasteiger partial charge in [0, 0.05) is 24.9 Å². The number of Topliss-reactive ketones (excluding diaryl/α,β-unsaturated/α-hetero) is 1. The molecule has 6 heteroatoms. The molecule has 130 valence electrons. The SMILES string of the molecule is CCCOc1ccc(C(=O)CCC(=O)N2CCC[C@H]2C(=O)O)cc1. The zero-order chi connectivity index (χ0) is 17.5. The molecule has 0 radical (unpaired) electrons. The average molecular weight is 333 g/mol. The van der Waals surface area contributed by atoms with Crippen molar-refractivity contribution < 1.29 is 24.2 Å². The fourth-order valence-electron chi connectivity index (χ4n) is 2.79. The number of carbonyl (C=O) groups is 3. The minimum Gasteiger partial charge on any atom is -0.494 e. The summed E-state index contributed by atoms with van der Waals surface area (Å²) in [5.41, 5.74) is 0.530. The van der Waals surface area contributed by atoms with E-state index in [2.05, 4.69) is 0 Å². The van der Waals surface area contributed by atoms with Crippen LogP contribution in [0.15, 0.2) is 24.3 Å². The number of benzene rings is 1. The lowest BCUT2D eigenvalue weighted by molar-refractivity contribution is -0.148. The molecular weight excluding hydrogens is 310 g/mol. The van der Waals surface area contributed by atoms with Crippen LogP contribution in [0.5, 0.6) is 5.75 Å². The Bertz CT molecular complexity index is 596. The molecule has 1 heterocycles. The Balaban J connectivity index is 1.86. The fourth-order valence-corrected chi connectivity index (χ4v) is 2.79. The molecule has 1 amide bonds. The summed E-state index contributed by atoms with van der Waals surface area (Å²) in [5, 5.41) is 9.10. The molecule has 1 saturated heterocycles. The highest BCUT2D eigenvalue weighted by molar-refractivity contribution is 5.98. The molecular formula is C18H23NO5. The number of rotatable bonds is 8. The monoisotopic (exact) mass is 333 g/mol. The first-order valence-corrected chi connectivity index (χ1v) is 8.31. The first-order chi connectivity index (χ1) is 11.5. The van der Waals surface area contributed by atoms with E-state index in [0.717, 1.165) is 6.42 Å². The summed E-state index contributed by atoms with van der Waals surface area (Å²) in [5.74, 6) is -0.659. The number of carbonyl (C=O) groups excluding carboxylic acids is 2. The third-order valence-corrected chi connectivity index (χ3v) is 4.07. The van der Waals surface area contributed by atoms with E-state index in [1.54, 1.807) is 24.3 Å². The third-order valence-electron chi connectivity index (χ3n) is 4.07. The van der Waals surface area contributed by atoms with Gasteiger partial charge < -0.3 is 14.7 Å². The van der Waals surface area contributed by atoms with Gasteiger partial charge in [-0.25, -0.2) is 4.79 Å². The molecule has 6 nitrogen and oxygen atoms in total. The lowest BCUT2D eigenvalue weighted by Gasteiger charge is -2.21. The molecule has 0 spiro atoms. The van der Waals surface area contributed by atoms with Gasteiger partial charge in [0.05, 0.1) is 6.61 Å². The second-order valence-corrected chi connectivity index (χ2v) is 5.88. The minimum atomic E-state index is -0.977. The van der Waals surface area contributed by atoms with Crippen molar-refractivity contribution in [3.63, 3.8) is 0 Å². The maximum absolute atomic E-state index is 12.2. The maximum atomic E-state index is 12.2. The number of carboxylic acid groups (broad SMARTS) is 1. The molecule has 0 bridgehead atoms. The molecule has 0 saturated carbocycles. The van der Waals surface area contributed by atoms with Crippen LogP contribution in [-0.4, -0.2) is 46.9 Å². The van der Waals surface area contributed by atoms with Gasteiger partial charge in [0.25, 0.3) is 0 Å². The molecule has 1 atom stereocenters. The molecule has 1 aromatic carbocycles. The van der Waals surface area contributed by atoms with E-state index >= 15 is 0 Å². The number of nitrogens with zero attached hydrogens (tertiary/aromatic N) is 1. The number of carboxylic acids is 1. The first kappa shape index (κ1) is 18.0. The summed E-state index contributed by atoms with van der Waals surface area (Å²) in [6.07, 6.45) is 2.20. The van der Waals surface area contributed by atoms with Gasteiger partial charge in [0.1, 0.15) is 11.8 Å². The summed E-state index contributed by atoms with van der Waals surface area (Å²) in [4.78, 5) is 36.8. The van der Waals surface area contributed by atoms with Gasteiger partial charge in [0.15, 0.2) is 5.78 Å². The minimum absolute atomic E-state index is 0.0384. The van der Waals surface area contributed by atoms with Crippen LogP contribution in [0.2, 0.25) is 0 Å². The van der Waals surface area contributed by atoms with Gasteiger partial charge in [-0.15, -0.1) is 0 Å². The van der Waals surface area contributed by atoms with Crippen molar-refractivity contribution in [1.29, 1.82) is 0 Å². The van der Waals surface area contributed by atoms with Crippen LogP contribution in [0.3, 0.4) is 0 Å². The van der Waals surface area contributed by atoms with E-state index in [1.165, 1.54) is 4.90 Å². The number of likely N-dealkylation sites (tertiary alicyclic amines) is 1. The molecule has 1 aromatic rings. The number of aliphatic carboxylic acids is 1. The van der Waals surface area contributed by atoms with Gasteiger partial charge in [-0.05, 0) is 43.5 Å². The van der Waals surface area contributed by atoms with Gasteiger partial charge in [-0.3, -0.25) is 9.59 Å². The van der Waals surface area contributed by atoms with Crippen LogP contribution in [-0.2, 0) is 9.59 Å². The predicted molar refractivity (Wildman–Crippen MR) is 88.2 cm³/mol. The molecule has 1 aliphatic heterocycles. The summed E-state index contributed by atoms with van der Waals surface area (Å²) >= 11 is 0. The smallest absolute Gasteiger partial charge is 0.326 e. The number of ether oxygens (including phenoxy) is 1. The largest absolute Gasteiger partial charge is 0.494 e. The second-order valence-electron chi connectivity index (χ2n) is 5.88. The Kier molecular flexibility index (Phi) is 6.35. The molecule has 1 aliphatic rings. The highest BCUT2D eigenvalue weighted by Crippen LogP contribution is 2.20. The van der Waals surface area contributed by atoms with Crippen molar-refractivity contribution in [2.75, 3.05) is 13.2 Å². The zero-order valence-electron chi connectivity index (χ0n) is 13.9. The van der Waals surface area contributed by atoms with Crippen molar-refractivity contribution >= 4 is 17.7 Å². The summed E-state index contributed by atoms with van der Waals surface area (Å²) < 4.78 is 5.46. The summed E-state index contributed by atoms with van der Waals surface area (Å²) in [6.45, 7) is 3.10. The van der Waals surface area contributed by atoms with E-state index in [4.69, 9.17) is 9.84 Å². The molecule has 1 N–H and O–H groups in total. The van der Waals surface area contributed by atoms with Crippen LogP contribution >= 0.6 is 0 Å². The molecule has 0 aliphatic carbocycles. The van der Waals surface area contributed by atoms with E-state index in [-0.39, 0.29) is 24.5 Å². The van der Waals surface area contributed by atoms with E-state index in [0.29, 0.717) is 37.3 Å². The quantitative estimate of drug-likeness (QED) is 0.739. The summed E-state index contributed by atoms with van der Waals surface area (Å²) in [6, 6.07) is 6.11. The van der Waals surface area contributed by atoms with Crippen molar-refractivity contribution in [3.05, 3.63) is 29.8 Å². The van der Waals surface area contributed by atoms with Crippen molar-refractivity contribution in [2.24, 2.45) is 0 Å². The second kappa shape index (κ2) is 8.47. The van der Waals surface area contributed by atoms with Crippen LogP contribution in [0.25, 0.3) is 0 Å². The zero-order valence-corrected chi connectivity index (χ0v) is 13.9. The van der Waals surface area contributed by atoms with Gasteiger partial charge in [-0.1, -0.05) is 6.92 Å². The lowest BCUT2D eigenvalue weighted by Crippen LogP contribution is -2.40. The molecule has 0 aromatic heterocycles. The predicted octanol–water partition coefficient (Wildman–Crippen LogP) is 2.51. The molecule has 2 rings (SSSR count). The Morgan fingerprint density at radius 3 is 2.54 bits per heavy atom. The number of hydrogen-bond acceptors (Lipinski definition) is 4. The van der Waals surface area contributed by atoms with Crippen molar-refractivity contribution in [1.82, 2.24) is 4.90 Å². The number of amides is 1. The molecule has 24 heavy (non-hydrogen) atoms. The Hall–Kier alpha value is -2.37. The van der Waals surface area contributed by atoms with Gasteiger partial charge in [-0.2, -0.15) is 0 Å². The topological polar surface area (TPSA) is 83.9 Å². The Morgan fingerprint density at radius 1 is 1.21 bits per heavy atom. The maximum Gasteiger partial charge on any atom is 0.326 e.